The number of carboxylic acid groups (broad SMARTS) is 1. The largest absolute Gasteiger partial charge is 0.477 e. The van der Waals surface area contributed by atoms with Crippen molar-refractivity contribution < 1.29 is 19.5 Å². The Kier molecular flexibility index (Phi) is 4.62. The van der Waals surface area contributed by atoms with Crippen LogP contribution in [0.2, 0.25) is 0 Å². The smallest absolute Gasteiger partial charge is 0.353 e. The van der Waals surface area contributed by atoms with E-state index in [2.05, 4.69) is 19.0 Å². The summed E-state index contributed by atoms with van der Waals surface area (Å²) >= 11 is 0. The van der Waals surface area contributed by atoms with Crippen LogP contribution in [-0.4, -0.2) is 46.8 Å². The first-order valence-corrected chi connectivity index (χ1v) is 7.23. The SMILES string of the molecule is CC(C)C1CCCN(C(=O)C2CC(C(=O)O)=NO2)CC1. The Hall–Kier alpha value is -1.59. The topological polar surface area (TPSA) is 79.2 Å². The van der Waals surface area contributed by atoms with Gasteiger partial charge >= 0.3 is 5.97 Å². The van der Waals surface area contributed by atoms with Gasteiger partial charge in [0.25, 0.3) is 5.91 Å². The van der Waals surface area contributed by atoms with Crippen molar-refractivity contribution >= 4 is 17.6 Å². The Balaban J connectivity index is 1.89. The first-order valence-electron chi connectivity index (χ1n) is 7.23. The number of nitrogens with zero attached hydrogens (tertiary/aromatic N) is 2. The second-order valence-corrected chi connectivity index (χ2v) is 5.90. The number of oxime groups is 1. The van der Waals surface area contributed by atoms with Gasteiger partial charge in [-0.25, -0.2) is 4.79 Å². The number of carbonyl (C=O) groups is 2. The molecule has 1 N–H and O–H groups in total. The van der Waals surface area contributed by atoms with E-state index in [-0.39, 0.29) is 18.0 Å². The van der Waals surface area contributed by atoms with E-state index in [9.17, 15) is 9.59 Å². The van der Waals surface area contributed by atoms with E-state index in [1.165, 1.54) is 0 Å². The number of amides is 1. The highest BCUT2D eigenvalue weighted by Crippen LogP contribution is 2.25. The van der Waals surface area contributed by atoms with Gasteiger partial charge in [-0.05, 0) is 31.1 Å². The average Bonchev–Trinajstić information content (AvgIpc) is 2.76. The molecule has 2 atom stereocenters. The summed E-state index contributed by atoms with van der Waals surface area (Å²) in [6.45, 7) is 5.89. The fraction of sp³-hybridized carbons (Fsp3) is 0.786. The van der Waals surface area contributed by atoms with Crippen molar-refractivity contribution in [2.45, 2.75) is 45.6 Å². The first-order chi connectivity index (χ1) is 9.49. The van der Waals surface area contributed by atoms with Crippen molar-refractivity contribution in [1.29, 1.82) is 0 Å². The lowest BCUT2D eigenvalue weighted by Crippen LogP contribution is -2.40. The normalized spacial score (nSPS) is 26.9. The van der Waals surface area contributed by atoms with E-state index in [0.717, 1.165) is 32.4 Å². The predicted octanol–water partition coefficient (Wildman–Crippen LogP) is 1.50. The monoisotopic (exact) mass is 282 g/mol. The molecular formula is C14H22N2O4. The standard InChI is InChI=1S/C14H22N2O4/c1-9(2)10-4-3-6-16(7-5-10)13(17)12-8-11(14(18)19)15-20-12/h9-10,12H,3-8H2,1-2H3,(H,18,19). The van der Waals surface area contributed by atoms with E-state index in [4.69, 9.17) is 9.94 Å². The van der Waals surface area contributed by atoms with Gasteiger partial charge in [-0.1, -0.05) is 19.0 Å². The third kappa shape index (κ3) is 3.29. The Morgan fingerprint density at radius 3 is 2.70 bits per heavy atom. The van der Waals surface area contributed by atoms with Gasteiger partial charge in [0.2, 0.25) is 6.10 Å². The molecule has 2 rings (SSSR count). The lowest BCUT2D eigenvalue weighted by molar-refractivity contribution is -0.142. The van der Waals surface area contributed by atoms with Crippen LogP contribution in [-0.2, 0) is 14.4 Å². The summed E-state index contributed by atoms with van der Waals surface area (Å²) < 4.78 is 0. The maximum absolute atomic E-state index is 12.3. The summed E-state index contributed by atoms with van der Waals surface area (Å²) in [7, 11) is 0. The summed E-state index contributed by atoms with van der Waals surface area (Å²) in [4.78, 5) is 29.9. The fourth-order valence-electron chi connectivity index (χ4n) is 2.85. The minimum atomic E-state index is -1.11. The van der Waals surface area contributed by atoms with Crippen LogP contribution in [0.5, 0.6) is 0 Å². The van der Waals surface area contributed by atoms with Crippen molar-refractivity contribution in [3.8, 4) is 0 Å². The first kappa shape index (κ1) is 14.8. The highest BCUT2D eigenvalue weighted by Gasteiger charge is 2.35. The molecule has 2 aliphatic heterocycles. The van der Waals surface area contributed by atoms with Crippen LogP contribution in [0.15, 0.2) is 5.16 Å². The van der Waals surface area contributed by atoms with E-state index >= 15 is 0 Å². The molecule has 0 saturated carbocycles. The van der Waals surface area contributed by atoms with Crippen LogP contribution in [0.3, 0.4) is 0 Å². The van der Waals surface area contributed by atoms with Gasteiger partial charge in [0.15, 0.2) is 5.71 Å². The van der Waals surface area contributed by atoms with Gasteiger partial charge in [0.1, 0.15) is 0 Å². The highest BCUT2D eigenvalue weighted by atomic mass is 16.6. The number of rotatable bonds is 3. The minimum Gasteiger partial charge on any atom is -0.477 e. The number of likely N-dealkylation sites (tertiary alicyclic amines) is 1. The van der Waals surface area contributed by atoms with Gasteiger partial charge in [0, 0.05) is 19.5 Å². The maximum atomic E-state index is 12.3. The van der Waals surface area contributed by atoms with Gasteiger partial charge < -0.3 is 14.8 Å². The molecule has 2 heterocycles. The molecule has 0 aromatic heterocycles. The van der Waals surface area contributed by atoms with Crippen LogP contribution >= 0.6 is 0 Å². The number of aliphatic carboxylic acids is 1. The van der Waals surface area contributed by atoms with E-state index < -0.39 is 12.1 Å². The van der Waals surface area contributed by atoms with Crippen LogP contribution in [0.1, 0.15) is 39.5 Å². The second-order valence-electron chi connectivity index (χ2n) is 5.90. The number of carboxylic acids is 1. The molecule has 2 unspecified atom stereocenters. The Bertz CT molecular complexity index is 419. The molecule has 20 heavy (non-hydrogen) atoms. The third-order valence-corrected chi connectivity index (χ3v) is 4.22. The summed E-state index contributed by atoms with van der Waals surface area (Å²) in [5.74, 6) is 0.0447. The molecule has 0 aliphatic carbocycles. The summed E-state index contributed by atoms with van der Waals surface area (Å²) in [6.07, 6.45) is 2.45. The summed E-state index contributed by atoms with van der Waals surface area (Å²) in [5, 5.41) is 12.3. The van der Waals surface area contributed by atoms with Gasteiger partial charge in [0.05, 0.1) is 0 Å². The molecule has 0 bridgehead atoms. The highest BCUT2D eigenvalue weighted by molar-refractivity contribution is 6.36. The quantitative estimate of drug-likeness (QED) is 0.850. The molecule has 1 amide bonds. The molecule has 112 valence electrons. The molecule has 0 aromatic rings. The lowest BCUT2D eigenvalue weighted by Gasteiger charge is -2.23. The Morgan fingerprint density at radius 2 is 2.10 bits per heavy atom. The van der Waals surface area contributed by atoms with Gasteiger partial charge in [-0.15, -0.1) is 0 Å². The molecule has 0 spiro atoms. The van der Waals surface area contributed by atoms with E-state index in [0.29, 0.717) is 11.8 Å². The molecular weight excluding hydrogens is 260 g/mol. The third-order valence-electron chi connectivity index (χ3n) is 4.22. The van der Waals surface area contributed by atoms with Crippen molar-refractivity contribution in [1.82, 2.24) is 4.90 Å². The molecule has 0 radical (unpaired) electrons. The second kappa shape index (κ2) is 6.24. The van der Waals surface area contributed by atoms with Crippen molar-refractivity contribution in [2.24, 2.45) is 17.0 Å². The number of carbonyl (C=O) groups excluding carboxylic acids is 1. The lowest BCUT2D eigenvalue weighted by atomic mass is 9.89. The van der Waals surface area contributed by atoms with Crippen LogP contribution in [0.25, 0.3) is 0 Å². The summed E-state index contributed by atoms with van der Waals surface area (Å²) in [5.41, 5.74) is -0.0711. The number of hydrogen-bond donors (Lipinski definition) is 1. The van der Waals surface area contributed by atoms with E-state index in [1.807, 2.05) is 0 Å². The fourth-order valence-corrected chi connectivity index (χ4v) is 2.85. The molecule has 6 nitrogen and oxygen atoms in total. The number of hydrogen-bond acceptors (Lipinski definition) is 4. The molecule has 2 aliphatic rings. The van der Waals surface area contributed by atoms with Gasteiger partial charge in [-0.2, -0.15) is 0 Å². The molecule has 1 saturated heterocycles. The van der Waals surface area contributed by atoms with Crippen molar-refractivity contribution in [2.75, 3.05) is 13.1 Å². The van der Waals surface area contributed by atoms with E-state index in [1.54, 1.807) is 4.90 Å². The predicted molar refractivity (Wildman–Crippen MR) is 73.3 cm³/mol. The molecule has 1 fully saturated rings. The molecule has 6 heteroatoms. The summed E-state index contributed by atoms with van der Waals surface area (Å²) in [6, 6.07) is 0. The van der Waals surface area contributed by atoms with Crippen LogP contribution in [0.4, 0.5) is 0 Å². The minimum absolute atomic E-state index is 0.0677. The Labute approximate surface area is 118 Å². The van der Waals surface area contributed by atoms with Crippen LogP contribution in [0, 0.1) is 11.8 Å². The zero-order valence-electron chi connectivity index (χ0n) is 12.0. The van der Waals surface area contributed by atoms with Crippen molar-refractivity contribution in [3.05, 3.63) is 0 Å². The molecule has 0 aromatic carbocycles. The van der Waals surface area contributed by atoms with Crippen molar-refractivity contribution in [3.63, 3.8) is 0 Å². The average molecular weight is 282 g/mol. The maximum Gasteiger partial charge on any atom is 0.353 e. The van der Waals surface area contributed by atoms with Gasteiger partial charge in [-0.3, -0.25) is 4.79 Å². The van der Waals surface area contributed by atoms with Crippen LogP contribution < -0.4 is 0 Å². The Morgan fingerprint density at radius 1 is 1.35 bits per heavy atom. The zero-order chi connectivity index (χ0) is 14.7. The zero-order valence-corrected chi connectivity index (χ0v) is 12.0.